The van der Waals surface area contributed by atoms with E-state index in [0.29, 0.717) is 16.8 Å². The maximum absolute atomic E-state index is 14.3. The third kappa shape index (κ3) is 2.84. The number of Topliss-reactive ketones (excluding diaryl/α,β-unsaturated/α-hetero) is 1. The van der Waals surface area contributed by atoms with E-state index in [1.165, 1.54) is 0 Å². The maximum atomic E-state index is 14.3. The van der Waals surface area contributed by atoms with Crippen LogP contribution in [0.1, 0.15) is 28.4 Å². The Morgan fingerprint density at radius 3 is 2.60 bits per heavy atom. The number of fused-ring (bicyclic) bond motifs is 6. The van der Waals surface area contributed by atoms with E-state index in [-0.39, 0.29) is 18.3 Å². The summed E-state index contributed by atoms with van der Waals surface area (Å²) in [7, 11) is 0. The molecule has 4 atom stereocenters. The molecule has 0 saturated carbocycles. The zero-order valence-electron chi connectivity index (χ0n) is 19.0. The van der Waals surface area contributed by atoms with Crippen LogP contribution in [-0.4, -0.2) is 41.3 Å². The van der Waals surface area contributed by atoms with Gasteiger partial charge < -0.3 is 15.0 Å². The van der Waals surface area contributed by atoms with E-state index < -0.39 is 29.4 Å². The molecule has 1 spiro atoms. The normalized spacial score (nSPS) is 25.6. The van der Waals surface area contributed by atoms with E-state index in [4.69, 9.17) is 4.74 Å². The van der Waals surface area contributed by atoms with Crippen molar-refractivity contribution in [3.8, 4) is 0 Å². The fraction of sp³-hybridized carbons (Fsp3) is 0.214. The molecular formula is C28H23N3O4. The van der Waals surface area contributed by atoms with Gasteiger partial charge in [-0.15, -0.1) is 0 Å². The van der Waals surface area contributed by atoms with Crippen LogP contribution >= 0.6 is 0 Å². The van der Waals surface area contributed by atoms with Crippen molar-refractivity contribution in [2.24, 2.45) is 5.92 Å². The fourth-order valence-corrected chi connectivity index (χ4v) is 6.02. The van der Waals surface area contributed by atoms with E-state index >= 15 is 0 Å². The molecule has 1 fully saturated rings. The Bertz CT molecular complexity index is 1390. The van der Waals surface area contributed by atoms with Crippen LogP contribution in [0.15, 0.2) is 79.1 Å². The highest BCUT2D eigenvalue weighted by Gasteiger charge is 2.70. The number of rotatable bonds is 4. The number of aromatic nitrogens is 1. The lowest BCUT2D eigenvalue weighted by Gasteiger charge is -2.37. The molecule has 1 aromatic heterocycles. The Morgan fingerprint density at radius 2 is 1.80 bits per heavy atom. The molecule has 2 aromatic carbocycles. The Kier molecular flexibility index (Phi) is 4.81. The summed E-state index contributed by atoms with van der Waals surface area (Å²) in [6.45, 7) is 1.90. The summed E-state index contributed by atoms with van der Waals surface area (Å²) >= 11 is 0. The first-order valence-corrected chi connectivity index (χ1v) is 11.7. The van der Waals surface area contributed by atoms with Crippen LogP contribution in [0.3, 0.4) is 0 Å². The summed E-state index contributed by atoms with van der Waals surface area (Å²) in [5, 5.41) is 3.00. The van der Waals surface area contributed by atoms with Crippen molar-refractivity contribution in [1.82, 2.24) is 4.98 Å². The molecule has 6 rings (SSSR count). The molecule has 7 heteroatoms. The first-order chi connectivity index (χ1) is 17.1. The molecule has 4 heterocycles. The van der Waals surface area contributed by atoms with Crippen molar-refractivity contribution in [1.29, 1.82) is 0 Å². The fourth-order valence-electron chi connectivity index (χ4n) is 6.02. The molecule has 1 saturated heterocycles. The lowest BCUT2D eigenvalue weighted by molar-refractivity contribution is -0.145. The van der Waals surface area contributed by atoms with Crippen molar-refractivity contribution in [3.63, 3.8) is 0 Å². The van der Waals surface area contributed by atoms with E-state index in [1.807, 2.05) is 65.6 Å². The van der Waals surface area contributed by atoms with E-state index in [9.17, 15) is 14.4 Å². The predicted octanol–water partition coefficient (Wildman–Crippen LogP) is 3.62. The molecule has 174 valence electrons. The highest BCUT2D eigenvalue weighted by molar-refractivity contribution is 6.16. The van der Waals surface area contributed by atoms with Gasteiger partial charge in [0, 0.05) is 29.3 Å². The quantitative estimate of drug-likeness (QED) is 0.468. The first-order valence-electron chi connectivity index (χ1n) is 11.7. The van der Waals surface area contributed by atoms with Gasteiger partial charge >= 0.3 is 5.97 Å². The molecule has 4 unspecified atom stereocenters. The summed E-state index contributed by atoms with van der Waals surface area (Å²) in [5.74, 6) is -2.13. The minimum Gasteiger partial charge on any atom is -0.464 e. The van der Waals surface area contributed by atoms with Crippen LogP contribution in [0.25, 0.3) is 6.08 Å². The summed E-state index contributed by atoms with van der Waals surface area (Å²) in [4.78, 5) is 47.9. The zero-order valence-corrected chi connectivity index (χ0v) is 19.0. The number of carbonyl (C=O) groups is 3. The van der Waals surface area contributed by atoms with Crippen LogP contribution in [0.5, 0.6) is 0 Å². The number of benzene rings is 2. The second kappa shape index (κ2) is 7.91. The van der Waals surface area contributed by atoms with Gasteiger partial charge in [0.05, 0.1) is 18.6 Å². The van der Waals surface area contributed by atoms with Crippen molar-refractivity contribution < 1.29 is 19.1 Å². The van der Waals surface area contributed by atoms with Gasteiger partial charge in [-0.05, 0) is 42.3 Å². The van der Waals surface area contributed by atoms with Crippen LogP contribution in [0.2, 0.25) is 0 Å². The number of ether oxygens (including phenoxy) is 1. The average molecular weight is 466 g/mol. The molecule has 0 bridgehead atoms. The molecule has 1 amide bonds. The van der Waals surface area contributed by atoms with Crippen LogP contribution in [-0.2, 0) is 19.7 Å². The number of hydrogen-bond donors (Lipinski definition) is 1. The predicted molar refractivity (Wildman–Crippen MR) is 131 cm³/mol. The Hall–Kier alpha value is -4.26. The molecule has 0 aliphatic carbocycles. The summed E-state index contributed by atoms with van der Waals surface area (Å²) in [5.41, 5.74) is 2.15. The number of carbonyl (C=O) groups excluding carboxylic acids is 3. The monoisotopic (exact) mass is 465 g/mol. The molecule has 3 aliphatic rings. The largest absolute Gasteiger partial charge is 0.464 e. The maximum Gasteiger partial charge on any atom is 0.329 e. The highest BCUT2D eigenvalue weighted by atomic mass is 16.5. The lowest BCUT2D eigenvalue weighted by atomic mass is 9.64. The Balaban J connectivity index is 1.66. The molecule has 3 aromatic rings. The van der Waals surface area contributed by atoms with Crippen LogP contribution in [0.4, 0.5) is 11.4 Å². The highest BCUT2D eigenvalue weighted by Crippen LogP contribution is 2.57. The number of pyridine rings is 1. The number of esters is 1. The van der Waals surface area contributed by atoms with Gasteiger partial charge in [-0.1, -0.05) is 48.6 Å². The molecule has 35 heavy (non-hydrogen) atoms. The Labute approximate surface area is 202 Å². The number of amides is 1. The number of nitrogens with zero attached hydrogens (tertiary/aromatic N) is 2. The van der Waals surface area contributed by atoms with E-state index in [1.54, 1.807) is 31.5 Å². The van der Waals surface area contributed by atoms with E-state index in [2.05, 4.69) is 10.3 Å². The van der Waals surface area contributed by atoms with Gasteiger partial charge in [0.15, 0.2) is 5.78 Å². The lowest BCUT2D eigenvalue weighted by Crippen LogP contribution is -2.51. The SMILES string of the molecule is CCOC(=O)C1C(C(=O)c2ccncc2)C2(C(=O)Nc3ccccc32)C2C=Cc3ccccc3N12. The smallest absolute Gasteiger partial charge is 0.329 e. The molecule has 3 aliphatic heterocycles. The van der Waals surface area contributed by atoms with Gasteiger partial charge in [-0.2, -0.15) is 0 Å². The van der Waals surface area contributed by atoms with E-state index in [0.717, 1.165) is 11.3 Å². The van der Waals surface area contributed by atoms with Crippen molar-refractivity contribution in [2.75, 3.05) is 16.8 Å². The van der Waals surface area contributed by atoms with Gasteiger partial charge in [-0.3, -0.25) is 14.6 Å². The third-order valence-electron chi connectivity index (χ3n) is 7.32. The second-order valence-electron chi connectivity index (χ2n) is 8.91. The molecule has 1 N–H and O–H groups in total. The van der Waals surface area contributed by atoms with Crippen LogP contribution in [0, 0.1) is 5.92 Å². The van der Waals surface area contributed by atoms with Gasteiger partial charge in [-0.25, -0.2) is 4.79 Å². The minimum absolute atomic E-state index is 0.164. The topological polar surface area (TPSA) is 88.6 Å². The van der Waals surface area contributed by atoms with Crippen LogP contribution < -0.4 is 10.2 Å². The average Bonchev–Trinajstić information content (AvgIpc) is 3.37. The Morgan fingerprint density at radius 1 is 1.06 bits per heavy atom. The summed E-state index contributed by atoms with van der Waals surface area (Å²) < 4.78 is 5.53. The van der Waals surface area contributed by atoms with Gasteiger partial charge in [0.25, 0.3) is 0 Å². The zero-order chi connectivity index (χ0) is 24.2. The second-order valence-corrected chi connectivity index (χ2v) is 8.91. The van der Waals surface area contributed by atoms with Crippen molar-refractivity contribution in [3.05, 3.63) is 95.8 Å². The van der Waals surface area contributed by atoms with Gasteiger partial charge in [0.1, 0.15) is 11.5 Å². The third-order valence-corrected chi connectivity index (χ3v) is 7.32. The number of para-hydroxylation sites is 2. The minimum atomic E-state index is -1.32. The molecular weight excluding hydrogens is 442 g/mol. The summed E-state index contributed by atoms with van der Waals surface area (Å²) in [6, 6.07) is 16.8. The standard InChI is InChI=1S/C28H23N3O4/c1-2-35-26(33)24-23(25(32)18-13-15-29-16-14-18)28(19-8-4-5-9-20(19)30-27(28)34)22-12-11-17-7-3-6-10-21(17)31(22)24/h3-16,22-24H,2H2,1H3,(H,30,34). The number of ketones is 1. The van der Waals surface area contributed by atoms with Crippen molar-refractivity contribution >= 4 is 35.1 Å². The molecule has 0 radical (unpaired) electrons. The molecule has 7 nitrogen and oxygen atoms in total. The summed E-state index contributed by atoms with van der Waals surface area (Å²) in [6.07, 6.45) is 6.99. The number of anilines is 2. The van der Waals surface area contributed by atoms with Gasteiger partial charge in [0.2, 0.25) is 5.91 Å². The number of hydrogen-bond acceptors (Lipinski definition) is 6. The first kappa shape index (κ1) is 21.3. The van der Waals surface area contributed by atoms with Crippen molar-refractivity contribution in [2.45, 2.75) is 24.4 Å². The number of nitrogens with one attached hydrogen (secondary N) is 1.